The van der Waals surface area contributed by atoms with E-state index in [9.17, 15) is 14.0 Å². The zero-order valence-corrected chi connectivity index (χ0v) is 18.1. The van der Waals surface area contributed by atoms with Gasteiger partial charge in [-0.05, 0) is 87.1 Å². The Morgan fingerprint density at radius 2 is 1.55 bits per heavy atom. The lowest BCUT2D eigenvalue weighted by atomic mass is 10.1. The van der Waals surface area contributed by atoms with Crippen LogP contribution in [0.3, 0.4) is 0 Å². The van der Waals surface area contributed by atoms with Crippen LogP contribution < -0.4 is 10.2 Å². The first-order valence-corrected chi connectivity index (χ1v) is 10.1. The molecule has 0 bridgehead atoms. The predicted octanol–water partition coefficient (Wildman–Crippen LogP) is 4.37. The molecule has 2 amide bonds. The third-order valence-corrected chi connectivity index (χ3v) is 5.53. The number of hydrogen-bond acceptors (Lipinski definition) is 3. The van der Waals surface area contributed by atoms with Crippen molar-refractivity contribution < 1.29 is 14.0 Å². The van der Waals surface area contributed by atoms with Crippen LogP contribution in [0.2, 0.25) is 0 Å². The monoisotopic (exact) mass is 433 g/mol. The number of thiocarbonyl (C=S) groups is 1. The Balaban J connectivity index is 1.75. The van der Waals surface area contributed by atoms with Crippen molar-refractivity contribution in [3.63, 3.8) is 0 Å². The number of carbonyl (C=O) groups excluding carboxylic acids is 2. The minimum Gasteiger partial charge on any atom is -0.318 e. The molecule has 0 aliphatic carbocycles. The van der Waals surface area contributed by atoms with Crippen LogP contribution in [0.5, 0.6) is 0 Å². The van der Waals surface area contributed by atoms with Crippen molar-refractivity contribution >= 4 is 40.9 Å². The largest absolute Gasteiger partial charge is 0.318 e. The molecule has 0 saturated carbocycles. The molecule has 3 aromatic rings. The smallest absolute Gasteiger partial charge is 0.270 e. The standard InChI is InChI=1S/C24H20FN3O2S/c1-14-4-8-19(9-5-14)27-15(2)12-17(16(27)3)13-21-22(29)26-24(31)28(23(21)30)20-10-6-18(25)7-11-20/h4-13H,1-3H3,(H,26,29,31)/b21-13-. The molecule has 0 radical (unpaired) electrons. The van der Waals surface area contributed by atoms with Gasteiger partial charge in [-0.2, -0.15) is 0 Å². The van der Waals surface area contributed by atoms with Gasteiger partial charge in [-0.25, -0.2) is 4.39 Å². The fourth-order valence-corrected chi connectivity index (χ4v) is 3.94. The molecule has 5 nitrogen and oxygen atoms in total. The van der Waals surface area contributed by atoms with Crippen LogP contribution in [-0.4, -0.2) is 21.5 Å². The maximum atomic E-state index is 13.3. The van der Waals surface area contributed by atoms with Gasteiger partial charge >= 0.3 is 0 Å². The third kappa shape index (κ3) is 3.80. The Bertz CT molecular complexity index is 1240. The molecule has 2 aromatic carbocycles. The predicted molar refractivity (Wildman–Crippen MR) is 123 cm³/mol. The van der Waals surface area contributed by atoms with Gasteiger partial charge in [0.1, 0.15) is 11.4 Å². The fraction of sp³-hybridized carbons (Fsp3) is 0.125. The van der Waals surface area contributed by atoms with E-state index >= 15 is 0 Å². The van der Waals surface area contributed by atoms with Gasteiger partial charge < -0.3 is 4.57 Å². The number of amides is 2. The summed E-state index contributed by atoms with van der Waals surface area (Å²) in [5, 5.41) is 2.51. The van der Waals surface area contributed by atoms with E-state index in [0.29, 0.717) is 5.69 Å². The van der Waals surface area contributed by atoms with Crippen molar-refractivity contribution in [1.82, 2.24) is 9.88 Å². The second kappa shape index (κ2) is 7.92. The molecular formula is C24H20FN3O2S. The van der Waals surface area contributed by atoms with Crippen molar-refractivity contribution in [1.29, 1.82) is 0 Å². The van der Waals surface area contributed by atoms with Gasteiger partial charge in [-0.15, -0.1) is 0 Å². The van der Waals surface area contributed by atoms with E-state index in [-0.39, 0.29) is 10.7 Å². The van der Waals surface area contributed by atoms with Crippen LogP contribution >= 0.6 is 12.2 Å². The molecular weight excluding hydrogens is 413 g/mol. The molecule has 0 spiro atoms. The molecule has 4 rings (SSSR count). The molecule has 156 valence electrons. The summed E-state index contributed by atoms with van der Waals surface area (Å²) in [5.41, 5.74) is 5.13. The summed E-state index contributed by atoms with van der Waals surface area (Å²) >= 11 is 5.19. The van der Waals surface area contributed by atoms with Gasteiger partial charge in [-0.1, -0.05) is 17.7 Å². The summed E-state index contributed by atoms with van der Waals surface area (Å²) in [4.78, 5) is 26.9. The summed E-state index contributed by atoms with van der Waals surface area (Å²) in [7, 11) is 0. The minimum atomic E-state index is -0.562. The van der Waals surface area contributed by atoms with E-state index in [1.165, 1.54) is 29.2 Å². The summed E-state index contributed by atoms with van der Waals surface area (Å²) < 4.78 is 15.4. The number of anilines is 1. The summed E-state index contributed by atoms with van der Waals surface area (Å²) in [6.07, 6.45) is 1.57. The topological polar surface area (TPSA) is 54.3 Å². The zero-order valence-electron chi connectivity index (χ0n) is 17.3. The number of carbonyl (C=O) groups is 2. The van der Waals surface area contributed by atoms with Crippen LogP contribution in [0, 0.1) is 26.6 Å². The molecule has 1 N–H and O–H groups in total. The minimum absolute atomic E-state index is 0.0381. The van der Waals surface area contributed by atoms with Crippen LogP contribution in [0.15, 0.2) is 60.2 Å². The first kappa shape index (κ1) is 20.7. The van der Waals surface area contributed by atoms with Crippen molar-refractivity contribution in [2.24, 2.45) is 0 Å². The number of rotatable bonds is 3. The van der Waals surface area contributed by atoms with E-state index in [1.54, 1.807) is 6.08 Å². The number of nitrogens with zero attached hydrogens (tertiary/aromatic N) is 2. The van der Waals surface area contributed by atoms with Gasteiger partial charge in [0.25, 0.3) is 11.8 Å². The van der Waals surface area contributed by atoms with Crippen molar-refractivity contribution in [3.05, 3.63) is 88.5 Å². The Kier molecular flexibility index (Phi) is 5.29. The summed E-state index contributed by atoms with van der Waals surface area (Å²) in [6, 6.07) is 15.4. The van der Waals surface area contributed by atoms with E-state index in [1.807, 2.05) is 51.1 Å². The Labute approximate surface area is 184 Å². The van der Waals surface area contributed by atoms with Crippen molar-refractivity contribution in [2.75, 3.05) is 4.90 Å². The molecule has 1 aromatic heterocycles. The van der Waals surface area contributed by atoms with Gasteiger partial charge in [0, 0.05) is 17.1 Å². The van der Waals surface area contributed by atoms with E-state index in [2.05, 4.69) is 9.88 Å². The second-order valence-corrected chi connectivity index (χ2v) is 7.82. The quantitative estimate of drug-likeness (QED) is 0.379. The van der Waals surface area contributed by atoms with E-state index < -0.39 is 17.6 Å². The van der Waals surface area contributed by atoms with Crippen molar-refractivity contribution in [2.45, 2.75) is 20.8 Å². The Morgan fingerprint density at radius 3 is 2.19 bits per heavy atom. The van der Waals surface area contributed by atoms with Crippen LogP contribution in [0.4, 0.5) is 10.1 Å². The number of hydrogen-bond donors (Lipinski definition) is 1. The van der Waals surface area contributed by atoms with E-state index in [4.69, 9.17) is 12.2 Å². The van der Waals surface area contributed by atoms with Crippen LogP contribution in [-0.2, 0) is 9.59 Å². The molecule has 1 aliphatic rings. The first-order chi connectivity index (χ1) is 14.8. The van der Waals surface area contributed by atoms with Crippen LogP contribution in [0.25, 0.3) is 11.8 Å². The van der Waals surface area contributed by atoms with Crippen molar-refractivity contribution in [3.8, 4) is 5.69 Å². The number of aromatic nitrogens is 1. The molecule has 31 heavy (non-hydrogen) atoms. The first-order valence-electron chi connectivity index (χ1n) is 9.69. The highest BCUT2D eigenvalue weighted by Gasteiger charge is 2.34. The Morgan fingerprint density at radius 1 is 0.935 bits per heavy atom. The lowest BCUT2D eigenvalue weighted by Gasteiger charge is -2.28. The maximum absolute atomic E-state index is 13.3. The highest BCUT2D eigenvalue weighted by molar-refractivity contribution is 7.80. The molecule has 2 heterocycles. The fourth-order valence-electron chi connectivity index (χ4n) is 3.66. The molecule has 0 atom stereocenters. The van der Waals surface area contributed by atoms with Gasteiger partial charge in [0.15, 0.2) is 5.11 Å². The summed E-state index contributed by atoms with van der Waals surface area (Å²) in [5.74, 6) is -1.54. The summed E-state index contributed by atoms with van der Waals surface area (Å²) in [6.45, 7) is 5.93. The molecule has 1 fully saturated rings. The SMILES string of the molecule is Cc1ccc(-n2c(C)cc(/C=C3/C(=O)NC(=S)N(c4ccc(F)cc4)C3=O)c2C)cc1. The molecule has 0 unspecified atom stereocenters. The van der Waals surface area contributed by atoms with Crippen LogP contribution in [0.1, 0.15) is 22.5 Å². The van der Waals surface area contributed by atoms with Gasteiger partial charge in [0.05, 0.1) is 5.69 Å². The Hall–Kier alpha value is -3.58. The average Bonchev–Trinajstić information content (AvgIpc) is 3.00. The highest BCUT2D eigenvalue weighted by Crippen LogP contribution is 2.26. The molecule has 1 aliphatic heterocycles. The lowest BCUT2D eigenvalue weighted by Crippen LogP contribution is -2.54. The molecule has 7 heteroatoms. The maximum Gasteiger partial charge on any atom is 0.270 e. The number of nitrogens with one attached hydrogen (secondary N) is 1. The third-order valence-electron chi connectivity index (χ3n) is 5.25. The van der Waals surface area contributed by atoms with E-state index in [0.717, 1.165) is 28.2 Å². The molecule has 1 saturated heterocycles. The number of aryl methyl sites for hydroxylation is 2. The second-order valence-electron chi connectivity index (χ2n) is 7.43. The number of halogens is 1. The zero-order chi connectivity index (χ0) is 22.3. The van der Waals surface area contributed by atoms with Gasteiger partial charge in [-0.3, -0.25) is 19.8 Å². The lowest BCUT2D eigenvalue weighted by molar-refractivity contribution is -0.122. The average molecular weight is 434 g/mol. The van der Waals surface area contributed by atoms with Gasteiger partial charge in [0.2, 0.25) is 0 Å². The number of benzene rings is 2. The normalized spacial score (nSPS) is 15.5. The highest BCUT2D eigenvalue weighted by atomic mass is 32.1.